The number of thioether (sulfide) groups is 1. The molecule has 0 bridgehead atoms. The average Bonchev–Trinajstić information content (AvgIpc) is 3.25. The zero-order valence-electron chi connectivity index (χ0n) is 21.2. The standard InChI is InChI=1S/C29H31N3O3S/c1-5-35-28(34)26-20(4)30-29-32(27(26)24-11-10-18(2)14-19(24)3)23(17-36-29)15-25(33)31-13-12-21-8-6-7-9-22(21)16-31/h6-11,14,17,27H,5,12-13,15-16H2,1-4H3/t27-/m0/s1. The number of esters is 1. The van der Waals surface area contributed by atoms with Crippen LogP contribution in [-0.2, 0) is 27.3 Å². The first-order valence-corrected chi connectivity index (χ1v) is 13.3. The Morgan fingerprint density at radius 1 is 1.11 bits per heavy atom. The van der Waals surface area contributed by atoms with Crippen molar-refractivity contribution in [3.8, 4) is 0 Å². The fourth-order valence-corrected chi connectivity index (χ4v) is 6.21. The monoisotopic (exact) mass is 501 g/mol. The predicted molar refractivity (Wildman–Crippen MR) is 143 cm³/mol. The smallest absolute Gasteiger partial charge is 0.338 e. The van der Waals surface area contributed by atoms with Gasteiger partial charge in [0, 0.05) is 18.8 Å². The summed E-state index contributed by atoms with van der Waals surface area (Å²) in [5.41, 5.74) is 7.84. The van der Waals surface area contributed by atoms with Gasteiger partial charge in [-0.15, -0.1) is 0 Å². The molecule has 1 amide bonds. The molecule has 186 valence electrons. The Balaban J connectivity index is 1.47. The zero-order valence-corrected chi connectivity index (χ0v) is 22.0. The molecule has 0 spiro atoms. The number of fused-ring (bicyclic) bond motifs is 2. The Bertz CT molecular complexity index is 1330. The second-order valence-electron chi connectivity index (χ2n) is 9.48. The number of amidine groups is 1. The van der Waals surface area contributed by atoms with Crippen molar-refractivity contribution in [2.45, 2.75) is 53.1 Å². The third-order valence-electron chi connectivity index (χ3n) is 7.03. The molecule has 3 aliphatic heterocycles. The molecule has 3 aliphatic rings. The normalized spacial score (nSPS) is 18.9. The molecular weight excluding hydrogens is 470 g/mol. The predicted octanol–water partition coefficient (Wildman–Crippen LogP) is 5.42. The molecule has 7 heteroatoms. The Kier molecular flexibility index (Phi) is 6.75. The summed E-state index contributed by atoms with van der Waals surface area (Å²) in [5, 5.41) is 2.80. The van der Waals surface area contributed by atoms with Gasteiger partial charge in [0.25, 0.3) is 0 Å². The van der Waals surface area contributed by atoms with Crippen LogP contribution in [0.5, 0.6) is 0 Å². The summed E-state index contributed by atoms with van der Waals surface area (Å²) in [4.78, 5) is 35.4. The Morgan fingerprint density at radius 2 is 1.89 bits per heavy atom. The summed E-state index contributed by atoms with van der Waals surface area (Å²) in [6.45, 7) is 9.43. The quantitative estimate of drug-likeness (QED) is 0.512. The summed E-state index contributed by atoms with van der Waals surface area (Å²) in [6.07, 6.45) is 1.12. The Morgan fingerprint density at radius 3 is 2.64 bits per heavy atom. The van der Waals surface area contributed by atoms with Gasteiger partial charge in [0.2, 0.25) is 5.91 Å². The molecule has 36 heavy (non-hydrogen) atoms. The molecule has 2 aromatic carbocycles. The van der Waals surface area contributed by atoms with Crippen molar-refractivity contribution in [1.29, 1.82) is 0 Å². The fourth-order valence-electron chi connectivity index (χ4n) is 5.24. The van der Waals surface area contributed by atoms with E-state index in [1.54, 1.807) is 0 Å². The summed E-state index contributed by atoms with van der Waals surface area (Å²) in [7, 11) is 0. The molecule has 3 heterocycles. The highest BCUT2D eigenvalue weighted by Crippen LogP contribution is 2.45. The molecule has 0 aliphatic carbocycles. The highest BCUT2D eigenvalue weighted by atomic mass is 32.2. The molecule has 0 fully saturated rings. The van der Waals surface area contributed by atoms with Gasteiger partial charge in [-0.05, 0) is 61.8 Å². The lowest BCUT2D eigenvalue weighted by Crippen LogP contribution is -2.40. The van der Waals surface area contributed by atoms with Gasteiger partial charge >= 0.3 is 5.97 Å². The maximum absolute atomic E-state index is 13.5. The van der Waals surface area contributed by atoms with Gasteiger partial charge in [-0.2, -0.15) is 0 Å². The van der Waals surface area contributed by atoms with Crippen LogP contribution in [0.4, 0.5) is 0 Å². The van der Waals surface area contributed by atoms with Crippen LogP contribution in [0.3, 0.4) is 0 Å². The van der Waals surface area contributed by atoms with Crippen molar-refractivity contribution in [1.82, 2.24) is 9.80 Å². The van der Waals surface area contributed by atoms with Crippen LogP contribution in [0.1, 0.15) is 54.1 Å². The van der Waals surface area contributed by atoms with Gasteiger partial charge < -0.3 is 14.5 Å². The van der Waals surface area contributed by atoms with Crippen LogP contribution in [0, 0.1) is 13.8 Å². The van der Waals surface area contributed by atoms with E-state index in [-0.39, 0.29) is 24.9 Å². The van der Waals surface area contributed by atoms with Gasteiger partial charge in [0.1, 0.15) is 0 Å². The van der Waals surface area contributed by atoms with Crippen molar-refractivity contribution < 1.29 is 14.3 Å². The highest BCUT2D eigenvalue weighted by molar-refractivity contribution is 8.16. The molecule has 0 radical (unpaired) electrons. The van der Waals surface area contributed by atoms with Crippen LogP contribution in [-0.4, -0.2) is 40.0 Å². The SMILES string of the molecule is CCOC(=O)C1=C(C)N=C2SC=C(CC(=O)N3CCc4ccccc4C3)N2[C@H]1c1ccc(C)cc1C. The molecule has 0 N–H and O–H groups in total. The average molecular weight is 502 g/mol. The van der Waals surface area contributed by atoms with Gasteiger partial charge in [-0.1, -0.05) is 59.8 Å². The van der Waals surface area contributed by atoms with Gasteiger partial charge in [-0.25, -0.2) is 9.79 Å². The van der Waals surface area contributed by atoms with Crippen LogP contribution in [0.25, 0.3) is 0 Å². The first-order valence-electron chi connectivity index (χ1n) is 12.4. The number of hydrogen-bond donors (Lipinski definition) is 0. The van der Waals surface area contributed by atoms with Crippen molar-refractivity contribution in [2.24, 2.45) is 4.99 Å². The van der Waals surface area contributed by atoms with Crippen LogP contribution >= 0.6 is 11.8 Å². The number of allylic oxidation sites excluding steroid dienone is 1. The number of ether oxygens (including phenoxy) is 1. The van der Waals surface area contributed by atoms with E-state index in [0.29, 0.717) is 24.4 Å². The second-order valence-corrected chi connectivity index (χ2v) is 10.3. The minimum atomic E-state index is -0.395. The van der Waals surface area contributed by atoms with Crippen molar-refractivity contribution in [3.05, 3.63) is 92.7 Å². The minimum Gasteiger partial charge on any atom is -0.463 e. The molecule has 0 unspecified atom stereocenters. The van der Waals surface area contributed by atoms with E-state index >= 15 is 0 Å². The molecule has 0 saturated heterocycles. The zero-order chi connectivity index (χ0) is 25.4. The van der Waals surface area contributed by atoms with Crippen molar-refractivity contribution >= 4 is 28.8 Å². The molecule has 2 aromatic rings. The first-order chi connectivity index (χ1) is 17.4. The Labute approximate surface area is 216 Å². The van der Waals surface area contributed by atoms with E-state index in [1.807, 2.05) is 30.2 Å². The van der Waals surface area contributed by atoms with E-state index < -0.39 is 6.04 Å². The third-order valence-corrected chi connectivity index (χ3v) is 7.92. The number of carbonyl (C=O) groups is 2. The number of aryl methyl sites for hydroxylation is 2. The molecule has 0 saturated carbocycles. The first kappa shape index (κ1) is 24.4. The van der Waals surface area contributed by atoms with Gasteiger partial charge in [0.15, 0.2) is 5.17 Å². The van der Waals surface area contributed by atoms with Gasteiger partial charge in [-0.3, -0.25) is 4.79 Å². The largest absolute Gasteiger partial charge is 0.463 e. The van der Waals surface area contributed by atoms with Crippen LogP contribution in [0.15, 0.2) is 69.8 Å². The van der Waals surface area contributed by atoms with E-state index in [9.17, 15) is 9.59 Å². The number of hydrogen-bond acceptors (Lipinski definition) is 6. The summed E-state index contributed by atoms with van der Waals surface area (Å²) in [6, 6.07) is 14.2. The van der Waals surface area contributed by atoms with E-state index in [1.165, 1.54) is 22.9 Å². The topological polar surface area (TPSA) is 62.2 Å². The minimum absolute atomic E-state index is 0.0842. The second kappa shape index (κ2) is 9.97. The summed E-state index contributed by atoms with van der Waals surface area (Å²) in [5.74, 6) is -0.279. The maximum Gasteiger partial charge on any atom is 0.338 e. The fraction of sp³-hybridized carbons (Fsp3) is 0.345. The molecular formula is C29H31N3O3S. The lowest BCUT2D eigenvalue weighted by atomic mass is 9.90. The van der Waals surface area contributed by atoms with E-state index in [0.717, 1.165) is 34.0 Å². The summed E-state index contributed by atoms with van der Waals surface area (Å²) >= 11 is 1.51. The Hall–Kier alpha value is -3.32. The summed E-state index contributed by atoms with van der Waals surface area (Å²) < 4.78 is 5.47. The maximum atomic E-state index is 13.5. The van der Waals surface area contributed by atoms with Crippen LogP contribution in [0.2, 0.25) is 0 Å². The lowest BCUT2D eigenvalue weighted by molar-refractivity contribution is -0.139. The van der Waals surface area contributed by atoms with Crippen molar-refractivity contribution in [3.63, 3.8) is 0 Å². The highest BCUT2D eigenvalue weighted by Gasteiger charge is 2.42. The number of amides is 1. The lowest BCUT2D eigenvalue weighted by Gasteiger charge is -2.37. The van der Waals surface area contributed by atoms with E-state index in [2.05, 4.69) is 55.1 Å². The molecule has 5 rings (SSSR count). The number of nitrogens with zero attached hydrogens (tertiary/aromatic N) is 3. The number of carbonyl (C=O) groups excluding carboxylic acids is 2. The van der Waals surface area contributed by atoms with Gasteiger partial charge in [0.05, 0.1) is 30.3 Å². The van der Waals surface area contributed by atoms with Crippen LogP contribution < -0.4 is 0 Å². The number of rotatable bonds is 5. The molecule has 6 nitrogen and oxygen atoms in total. The molecule has 1 atom stereocenters. The van der Waals surface area contributed by atoms with Crippen molar-refractivity contribution in [2.75, 3.05) is 13.2 Å². The molecule has 0 aromatic heterocycles. The van der Waals surface area contributed by atoms with E-state index in [4.69, 9.17) is 9.73 Å². The number of benzene rings is 2. The third kappa shape index (κ3) is 4.48. The number of aliphatic imine (C=N–C) groups is 1.